The number of methoxy groups -OCH3 is 1. The molecular weight excluding hydrogens is 245 g/mol. The van der Waals surface area contributed by atoms with Crippen molar-refractivity contribution in [3.05, 3.63) is 42.0 Å². The fraction of sp³-hybridized carbons (Fsp3) is 0.357. The molecule has 0 unspecified atom stereocenters. The van der Waals surface area contributed by atoms with Gasteiger partial charge in [0.05, 0.1) is 11.4 Å². The molecule has 19 heavy (non-hydrogen) atoms. The molecule has 1 N–H and O–H groups in total. The molecule has 0 amide bonds. The molecule has 0 aliphatic rings. The molecule has 0 saturated heterocycles. The van der Waals surface area contributed by atoms with Gasteiger partial charge in [0, 0.05) is 26.5 Å². The molecule has 2 aromatic rings. The van der Waals surface area contributed by atoms with E-state index in [0.717, 1.165) is 30.3 Å². The molecule has 1 aromatic heterocycles. The molecule has 0 aliphatic heterocycles. The van der Waals surface area contributed by atoms with E-state index in [9.17, 15) is 4.39 Å². The fourth-order valence-electron chi connectivity index (χ4n) is 1.86. The Balaban J connectivity index is 2.16. The number of ether oxygens (including phenoxy) is 1. The van der Waals surface area contributed by atoms with Gasteiger partial charge in [-0.1, -0.05) is 6.07 Å². The van der Waals surface area contributed by atoms with Crippen molar-refractivity contribution in [2.45, 2.75) is 13.3 Å². The second-order valence-electron chi connectivity index (χ2n) is 4.33. The van der Waals surface area contributed by atoms with E-state index < -0.39 is 0 Å². The molecule has 0 aliphatic carbocycles. The number of imidazole rings is 1. The highest BCUT2D eigenvalue weighted by Gasteiger charge is 2.07. The largest absolute Gasteiger partial charge is 0.385 e. The summed E-state index contributed by atoms with van der Waals surface area (Å²) in [5.74, 6) is 0.466. The molecule has 102 valence electrons. The summed E-state index contributed by atoms with van der Waals surface area (Å²) in [6.07, 6.45) is 2.78. The van der Waals surface area contributed by atoms with E-state index in [-0.39, 0.29) is 5.82 Å². The third-order valence-electron chi connectivity index (χ3n) is 2.72. The number of hydrogen-bond acceptors (Lipinski definition) is 3. The maximum Gasteiger partial charge on any atom is 0.207 e. The zero-order valence-corrected chi connectivity index (χ0v) is 11.2. The monoisotopic (exact) mass is 263 g/mol. The Labute approximate surface area is 112 Å². The molecule has 0 atom stereocenters. The first-order valence-corrected chi connectivity index (χ1v) is 6.25. The van der Waals surface area contributed by atoms with Gasteiger partial charge in [-0.15, -0.1) is 0 Å². The van der Waals surface area contributed by atoms with Crippen LogP contribution in [0.2, 0.25) is 0 Å². The Hall–Kier alpha value is -1.88. The number of nitrogens with one attached hydrogen (secondary N) is 1. The van der Waals surface area contributed by atoms with Crippen LogP contribution < -0.4 is 5.32 Å². The molecule has 2 rings (SSSR count). The number of aromatic nitrogens is 2. The Morgan fingerprint density at radius 2 is 2.26 bits per heavy atom. The van der Waals surface area contributed by atoms with Crippen molar-refractivity contribution in [1.82, 2.24) is 9.55 Å². The van der Waals surface area contributed by atoms with Crippen molar-refractivity contribution < 1.29 is 9.13 Å². The van der Waals surface area contributed by atoms with Crippen molar-refractivity contribution in [2.24, 2.45) is 0 Å². The zero-order chi connectivity index (χ0) is 13.7. The van der Waals surface area contributed by atoms with Gasteiger partial charge in [0.15, 0.2) is 0 Å². The average Bonchev–Trinajstić information content (AvgIpc) is 2.76. The van der Waals surface area contributed by atoms with Crippen molar-refractivity contribution in [3.8, 4) is 5.69 Å². The summed E-state index contributed by atoms with van der Waals surface area (Å²) >= 11 is 0. The summed E-state index contributed by atoms with van der Waals surface area (Å²) < 4.78 is 20.1. The van der Waals surface area contributed by atoms with Crippen LogP contribution in [0.4, 0.5) is 10.3 Å². The zero-order valence-electron chi connectivity index (χ0n) is 11.2. The van der Waals surface area contributed by atoms with Crippen LogP contribution in [0, 0.1) is 12.7 Å². The van der Waals surface area contributed by atoms with Gasteiger partial charge >= 0.3 is 0 Å². The van der Waals surface area contributed by atoms with Gasteiger partial charge in [0.2, 0.25) is 5.95 Å². The quantitative estimate of drug-likeness (QED) is 0.814. The summed E-state index contributed by atoms with van der Waals surface area (Å²) in [5, 5.41) is 3.24. The molecule has 1 aromatic carbocycles. The number of aryl methyl sites for hydroxylation is 1. The van der Waals surface area contributed by atoms with Gasteiger partial charge in [0.1, 0.15) is 5.82 Å². The first kappa shape index (κ1) is 13.5. The maximum atomic E-state index is 13.3. The summed E-state index contributed by atoms with van der Waals surface area (Å²) in [6.45, 7) is 3.38. The highest BCUT2D eigenvalue weighted by atomic mass is 19.1. The topological polar surface area (TPSA) is 39.1 Å². The van der Waals surface area contributed by atoms with Gasteiger partial charge in [-0.05, 0) is 31.5 Å². The van der Waals surface area contributed by atoms with E-state index in [1.54, 1.807) is 13.2 Å². The summed E-state index contributed by atoms with van der Waals surface area (Å²) in [4.78, 5) is 4.40. The molecule has 0 spiro atoms. The van der Waals surface area contributed by atoms with Crippen molar-refractivity contribution >= 4 is 5.95 Å². The lowest BCUT2D eigenvalue weighted by Gasteiger charge is -2.09. The van der Waals surface area contributed by atoms with E-state index in [4.69, 9.17) is 4.74 Å². The molecule has 0 radical (unpaired) electrons. The minimum atomic E-state index is -0.255. The summed E-state index contributed by atoms with van der Waals surface area (Å²) in [7, 11) is 1.68. The van der Waals surface area contributed by atoms with Gasteiger partial charge in [-0.25, -0.2) is 9.37 Å². The predicted octanol–water partition coefficient (Wildman–Crippen LogP) is 2.77. The van der Waals surface area contributed by atoms with E-state index in [1.807, 2.05) is 23.8 Å². The van der Waals surface area contributed by atoms with E-state index >= 15 is 0 Å². The Morgan fingerprint density at radius 3 is 3.00 bits per heavy atom. The van der Waals surface area contributed by atoms with Crippen LogP contribution in [-0.2, 0) is 4.74 Å². The van der Waals surface area contributed by atoms with Gasteiger partial charge < -0.3 is 10.1 Å². The Morgan fingerprint density at radius 1 is 1.42 bits per heavy atom. The molecule has 0 fully saturated rings. The SMILES string of the molecule is COCCCNc1nc(C)cn1-c1cccc(F)c1. The lowest BCUT2D eigenvalue weighted by molar-refractivity contribution is 0.197. The van der Waals surface area contributed by atoms with Crippen LogP contribution in [-0.4, -0.2) is 29.8 Å². The standard InChI is InChI=1S/C14H18FN3O/c1-11-10-18(13-6-3-5-12(15)9-13)14(17-11)16-7-4-8-19-2/h3,5-6,9-10H,4,7-8H2,1-2H3,(H,16,17). The average molecular weight is 263 g/mol. The van der Waals surface area contributed by atoms with Crippen molar-refractivity contribution in [2.75, 3.05) is 25.6 Å². The first-order chi connectivity index (χ1) is 9.20. The molecule has 0 saturated carbocycles. The molecule has 1 heterocycles. The highest BCUT2D eigenvalue weighted by Crippen LogP contribution is 2.17. The minimum Gasteiger partial charge on any atom is -0.385 e. The predicted molar refractivity (Wildman–Crippen MR) is 73.2 cm³/mol. The Kier molecular flexibility index (Phi) is 4.52. The first-order valence-electron chi connectivity index (χ1n) is 6.25. The van der Waals surface area contributed by atoms with Crippen LogP contribution in [0.3, 0.4) is 0 Å². The van der Waals surface area contributed by atoms with Crippen molar-refractivity contribution in [3.63, 3.8) is 0 Å². The van der Waals surface area contributed by atoms with Crippen LogP contribution in [0.5, 0.6) is 0 Å². The second-order valence-corrected chi connectivity index (χ2v) is 4.33. The number of anilines is 1. The normalized spacial score (nSPS) is 10.7. The van der Waals surface area contributed by atoms with Crippen LogP contribution in [0.25, 0.3) is 5.69 Å². The van der Waals surface area contributed by atoms with Crippen molar-refractivity contribution in [1.29, 1.82) is 0 Å². The molecule has 5 heteroatoms. The van der Waals surface area contributed by atoms with E-state index in [1.165, 1.54) is 12.1 Å². The lowest BCUT2D eigenvalue weighted by atomic mass is 10.3. The van der Waals surface area contributed by atoms with Crippen LogP contribution in [0.1, 0.15) is 12.1 Å². The maximum absolute atomic E-state index is 13.3. The summed E-state index contributed by atoms with van der Waals surface area (Å²) in [5.41, 5.74) is 1.65. The van der Waals surface area contributed by atoms with Crippen LogP contribution in [0.15, 0.2) is 30.5 Å². The van der Waals surface area contributed by atoms with E-state index in [2.05, 4.69) is 10.3 Å². The number of rotatable bonds is 6. The minimum absolute atomic E-state index is 0.255. The number of halogens is 1. The third-order valence-corrected chi connectivity index (χ3v) is 2.72. The highest BCUT2D eigenvalue weighted by molar-refractivity contribution is 5.43. The molecular formula is C14H18FN3O. The second kappa shape index (κ2) is 6.33. The van der Waals surface area contributed by atoms with E-state index in [0.29, 0.717) is 6.61 Å². The summed E-state index contributed by atoms with van der Waals surface area (Å²) in [6, 6.07) is 6.46. The third kappa shape index (κ3) is 3.54. The molecule has 4 nitrogen and oxygen atoms in total. The number of nitrogens with zero attached hydrogens (tertiary/aromatic N) is 2. The molecule has 0 bridgehead atoms. The smallest absolute Gasteiger partial charge is 0.207 e. The lowest BCUT2D eigenvalue weighted by Crippen LogP contribution is -2.09. The number of benzene rings is 1. The fourth-order valence-corrected chi connectivity index (χ4v) is 1.86. The van der Waals surface area contributed by atoms with Gasteiger partial charge in [-0.3, -0.25) is 4.57 Å². The van der Waals surface area contributed by atoms with Crippen LogP contribution >= 0.6 is 0 Å². The van der Waals surface area contributed by atoms with Gasteiger partial charge in [-0.2, -0.15) is 0 Å². The Bertz CT molecular complexity index is 539. The van der Waals surface area contributed by atoms with Gasteiger partial charge in [0.25, 0.3) is 0 Å². The number of hydrogen-bond donors (Lipinski definition) is 1.